The zero-order chi connectivity index (χ0) is 16.9. The first-order valence-corrected chi connectivity index (χ1v) is 8.31. The Morgan fingerprint density at radius 3 is 2.67 bits per heavy atom. The number of allylic oxidation sites excluding steroid dienone is 1. The summed E-state index contributed by atoms with van der Waals surface area (Å²) in [6.45, 7) is 2.96. The van der Waals surface area contributed by atoms with E-state index in [9.17, 15) is 10.1 Å². The number of benzene rings is 1. The third kappa shape index (κ3) is 3.36. The van der Waals surface area contributed by atoms with E-state index in [1.165, 1.54) is 12.1 Å². The van der Waals surface area contributed by atoms with Crippen LogP contribution >= 0.6 is 11.3 Å². The van der Waals surface area contributed by atoms with Crippen LogP contribution in [-0.2, 0) is 0 Å². The molecular formula is C16H15N5O2S. The second kappa shape index (κ2) is 7.10. The van der Waals surface area contributed by atoms with Crippen molar-refractivity contribution in [1.29, 1.82) is 5.26 Å². The molecule has 8 heteroatoms. The van der Waals surface area contributed by atoms with Gasteiger partial charge in [-0.05, 0) is 17.7 Å². The van der Waals surface area contributed by atoms with Gasteiger partial charge in [-0.1, -0.05) is 6.07 Å². The molecule has 0 radical (unpaired) electrons. The van der Waals surface area contributed by atoms with Crippen molar-refractivity contribution in [3.63, 3.8) is 0 Å². The number of hydrogen-bond donors (Lipinski definition) is 0. The summed E-state index contributed by atoms with van der Waals surface area (Å²) >= 11 is 1.60. The molecule has 0 saturated carbocycles. The summed E-state index contributed by atoms with van der Waals surface area (Å²) in [4.78, 5) is 19.6. The maximum absolute atomic E-state index is 11.4. The van der Waals surface area contributed by atoms with Crippen molar-refractivity contribution in [2.24, 2.45) is 0 Å². The molecule has 7 nitrogen and oxygen atoms in total. The highest BCUT2D eigenvalue weighted by Crippen LogP contribution is 2.31. The molecule has 3 rings (SSSR count). The second-order valence-electron chi connectivity index (χ2n) is 5.26. The summed E-state index contributed by atoms with van der Waals surface area (Å²) in [6, 6.07) is 6.95. The van der Waals surface area contributed by atoms with Gasteiger partial charge >= 0.3 is 0 Å². The Morgan fingerprint density at radius 1 is 1.29 bits per heavy atom. The molecule has 1 aliphatic rings. The van der Waals surface area contributed by atoms with Crippen LogP contribution in [0.15, 0.2) is 35.9 Å². The smallest absolute Gasteiger partial charge is 0.293 e. The molecule has 0 N–H and O–H groups in total. The molecule has 122 valence electrons. The van der Waals surface area contributed by atoms with Crippen molar-refractivity contribution in [2.75, 3.05) is 36.0 Å². The molecule has 0 spiro atoms. The molecule has 2 heterocycles. The molecule has 24 heavy (non-hydrogen) atoms. The van der Waals surface area contributed by atoms with Crippen LogP contribution < -0.4 is 9.80 Å². The minimum Gasteiger partial charge on any atom is -0.362 e. The molecule has 1 saturated heterocycles. The highest BCUT2D eigenvalue weighted by Gasteiger charge is 2.24. The van der Waals surface area contributed by atoms with Gasteiger partial charge in [0.2, 0.25) is 0 Å². The molecule has 0 atom stereocenters. The fraction of sp³-hybridized carbons (Fsp3) is 0.250. The highest BCUT2D eigenvalue weighted by atomic mass is 32.1. The first kappa shape index (κ1) is 16.0. The summed E-state index contributed by atoms with van der Waals surface area (Å²) in [7, 11) is 0. The normalized spacial score (nSPS) is 14.8. The Bertz CT molecular complexity index is 789. The number of nitrogens with zero attached hydrogens (tertiary/aromatic N) is 5. The number of rotatable bonds is 4. The third-order valence-electron chi connectivity index (χ3n) is 3.86. The number of nitriles is 1. The van der Waals surface area contributed by atoms with E-state index in [-0.39, 0.29) is 10.6 Å². The van der Waals surface area contributed by atoms with E-state index in [1.54, 1.807) is 35.7 Å². The highest BCUT2D eigenvalue weighted by molar-refractivity contribution is 7.13. The zero-order valence-corrected chi connectivity index (χ0v) is 13.6. The number of nitro benzene ring substituents is 1. The first-order valence-electron chi connectivity index (χ1n) is 7.43. The Morgan fingerprint density at radius 2 is 2.04 bits per heavy atom. The number of thiazole rings is 1. The van der Waals surface area contributed by atoms with Crippen LogP contribution in [0.25, 0.3) is 6.08 Å². The Labute approximate surface area is 143 Å². The van der Waals surface area contributed by atoms with Gasteiger partial charge in [0.05, 0.1) is 11.0 Å². The molecule has 0 bridgehead atoms. The lowest BCUT2D eigenvalue weighted by atomic mass is 10.1. The average molecular weight is 341 g/mol. The monoisotopic (exact) mass is 341 g/mol. The van der Waals surface area contributed by atoms with Crippen LogP contribution in [0.2, 0.25) is 0 Å². The van der Waals surface area contributed by atoms with Crippen molar-refractivity contribution in [2.45, 2.75) is 0 Å². The van der Waals surface area contributed by atoms with Crippen molar-refractivity contribution in [1.82, 2.24) is 4.98 Å². The van der Waals surface area contributed by atoms with Gasteiger partial charge in [-0.3, -0.25) is 10.1 Å². The summed E-state index contributed by atoms with van der Waals surface area (Å²) in [5.41, 5.74) is 1.33. The summed E-state index contributed by atoms with van der Waals surface area (Å²) < 4.78 is 0. The lowest BCUT2D eigenvalue weighted by Gasteiger charge is -2.35. The van der Waals surface area contributed by atoms with Gasteiger partial charge < -0.3 is 9.80 Å². The van der Waals surface area contributed by atoms with Crippen LogP contribution in [0, 0.1) is 21.4 Å². The Balaban J connectivity index is 1.78. The lowest BCUT2D eigenvalue weighted by molar-refractivity contribution is -0.384. The number of nitro groups is 1. The summed E-state index contributed by atoms with van der Waals surface area (Å²) in [5, 5.41) is 22.9. The molecule has 1 fully saturated rings. The molecule has 0 aliphatic carbocycles. The van der Waals surface area contributed by atoms with E-state index in [0.717, 1.165) is 18.2 Å². The van der Waals surface area contributed by atoms with Gasteiger partial charge in [0.15, 0.2) is 5.13 Å². The predicted molar refractivity (Wildman–Crippen MR) is 94.3 cm³/mol. The fourth-order valence-corrected chi connectivity index (χ4v) is 3.40. The molecule has 0 unspecified atom stereocenters. The number of anilines is 2. The summed E-state index contributed by atoms with van der Waals surface area (Å²) in [5.74, 6) is 0. The maximum Gasteiger partial charge on any atom is 0.293 e. The maximum atomic E-state index is 11.4. The third-order valence-corrected chi connectivity index (χ3v) is 4.69. The average Bonchev–Trinajstić information content (AvgIpc) is 3.14. The van der Waals surface area contributed by atoms with Gasteiger partial charge in [0.1, 0.15) is 5.69 Å². The van der Waals surface area contributed by atoms with Crippen LogP contribution in [0.1, 0.15) is 5.56 Å². The van der Waals surface area contributed by atoms with E-state index in [0.29, 0.717) is 24.3 Å². The lowest BCUT2D eigenvalue weighted by Crippen LogP contribution is -2.46. The number of piperazine rings is 1. The second-order valence-corrected chi connectivity index (χ2v) is 6.13. The first-order chi connectivity index (χ1) is 11.7. The Kier molecular flexibility index (Phi) is 4.72. The van der Waals surface area contributed by atoms with Crippen molar-refractivity contribution in [3.8, 4) is 6.07 Å². The van der Waals surface area contributed by atoms with Crippen molar-refractivity contribution >= 4 is 33.9 Å². The van der Waals surface area contributed by atoms with Crippen molar-refractivity contribution in [3.05, 3.63) is 51.5 Å². The predicted octanol–water partition coefficient (Wildman–Crippen LogP) is 2.91. The molecule has 0 amide bonds. The van der Waals surface area contributed by atoms with E-state index in [4.69, 9.17) is 5.26 Å². The number of aromatic nitrogens is 1. The fourth-order valence-electron chi connectivity index (χ4n) is 2.70. The van der Waals surface area contributed by atoms with Gasteiger partial charge in [0, 0.05) is 49.9 Å². The van der Waals surface area contributed by atoms with Crippen LogP contribution in [0.4, 0.5) is 16.5 Å². The van der Waals surface area contributed by atoms with Gasteiger partial charge in [-0.2, -0.15) is 5.26 Å². The molecule has 1 aromatic carbocycles. The van der Waals surface area contributed by atoms with Gasteiger partial charge in [-0.25, -0.2) is 4.98 Å². The van der Waals surface area contributed by atoms with Crippen molar-refractivity contribution < 1.29 is 4.92 Å². The largest absolute Gasteiger partial charge is 0.362 e. The quantitative estimate of drug-likeness (QED) is 0.483. The van der Waals surface area contributed by atoms with E-state index < -0.39 is 0 Å². The van der Waals surface area contributed by atoms with E-state index in [1.807, 2.05) is 16.3 Å². The standard InChI is InChI=1S/C16H15N5O2S/c17-5-1-2-13-3-4-14(15(12-13)21(22)23)19-7-9-20(10-8-19)16-18-6-11-24-16/h1-4,6,11-12H,7-10H2/b2-1+. The summed E-state index contributed by atoms with van der Waals surface area (Å²) in [6.07, 6.45) is 4.66. The Hall–Kier alpha value is -2.92. The minimum absolute atomic E-state index is 0.0674. The minimum atomic E-state index is -0.369. The molecule has 1 aliphatic heterocycles. The van der Waals surface area contributed by atoms with Crippen LogP contribution in [0.3, 0.4) is 0 Å². The zero-order valence-electron chi connectivity index (χ0n) is 12.8. The van der Waals surface area contributed by atoms with E-state index in [2.05, 4.69) is 9.88 Å². The molecule has 1 aromatic heterocycles. The van der Waals surface area contributed by atoms with E-state index >= 15 is 0 Å². The molecular weight excluding hydrogens is 326 g/mol. The molecule has 2 aromatic rings. The van der Waals surface area contributed by atoms with Crippen LogP contribution in [-0.4, -0.2) is 36.1 Å². The SMILES string of the molecule is N#C/C=C/c1ccc(N2CCN(c3nccs3)CC2)c([N+](=O)[O-])c1. The number of hydrogen-bond acceptors (Lipinski definition) is 7. The van der Waals surface area contributed by atoms with Crippen LogP contribution in [0.5, 0.6) is 0 Å². The van der Waals surface area contributed by atoms with Gasteiger partial charge in [0.25, 0.3) is 5.69 Å². The van der Waals surface area contributed by atoms with Gasteiger partial charge in [-0.15, -0.1) is 11.3 Å². The topological polar surface area (TPSA) is 86.3 Å².